The van der Waals surface area contributed by atoms with E-state index in [4.69, 9.17) is 23.2 Å². The van der Waals surface area contributed by atoms with Crippen molar-refractivity contribution in [2.75, 3.05) is 25.5 Å². The van der Waals surface area contributed by atoms with Crippen LogP contribution in [0.2, 0.25) is 5.02 Å². The molecule has 0 fully saturated rings. The first-order valence-electron chi connectivity index (χ1n) is 5.04. The third kappa shape index (κ3) is 5.73. The minimum absolute atomic E-state index is 0.118. The van der Waals surface area contributed by atoms with Gasteiger partial charge in [-0.05, 0) is 25.2 Å². The molecule has 0 bridgehead atoms. The van der Waals surface area contributed by atoms with Gasteiger partial charge in [0.15, 0.2) is 0 Å². The lowest BCUT2D eigenvalue weighted by atomic mass is 10.3. The Morgan fingerprint density at radius 2 is 2.18 bits per heavy atom. The van der Waals surface area contributed by atoms with Gasteiger partial charge in [-0.3, -0.25) is 9.69 Å². The van der Waals surface area contributed by atoms with Gasteiger partial charge in [-0.2, -0.15) is 0 Å². The number of nitrogens with one attached hydrogen (secondary N) is 1. The maximum atomic E-state index is 11.6. The van der Waals surface area contributed by atoms with Crippen molar-refractivity contribution in [3.05, 3.63) is 40.9 Å². The summed E-state index contributed by atoms with van der Waals surface area (Å²) >= 11 is 11.5. The van der Waals surface area contributed by atoms with Crippen LogP contribution in [0.25, 0.3) is 0 Å². The molecule has 0 aliphatic carbocycles. The molecular weight excluding hydrogens is 259 g/mol. The van der Waals surface area contributed by atoms with Gasteiger partial charge >= 0.3 is 0 Å². The Balaban J connectivity index is 2.47. The Bertz CT molecular complexity index is 421. The van der Waals surface area contributed by atoms with E-state index >= 15 is 0 Å². The Morgan fingerprint density at radius 3 is 2.76 bits per heavy atom. The maximum absolute atomic E-state index is 11.6. The smallest absolute Gasteiger partial charge is 0.238 e. The number of halogens is 2. The van der Waals surface area contributed by atoms with Crippen LogP contribution in [0, 0.1) is 0 Å². The van der Waals surface area contributed by atoms with E-state index in [2.05, 4.69) is 11.9 Å². The summed E-state index contributed by atoms with van der Waals surface area (Å²) in [5.41, 5.74) is 0.681. The van der Waals surface area contributed by atoms with E-state index in [-0.39, 0.29) is 12.5 Å². The van der Waals surface area contributed by atoms with Crippen LogP contribution in [0.1, 0.15) is 0 Å². The van der Waals surface area contributed by atoms with Crippen LogP contribution >= 0.6 is 23.2 Å². The van der Waals surface area contributed by atoms with Crippen LogP contribution in [0.4, 0.5) is 5.69 Å². The van der Waals surface area contributed by atoms with Gasteiger partial charge in [-0.25, -0.2) is 0 Å². The monoisotopic (exact) mass is 272 g/mol. The first-order chi connectivity index (χ1) is 7.97. The number of carbonyl (C=O) groups excluding carboxylic acids is 1. The molecule has 0 aromatic heterocycles. The zero-order chi connectivity index (χ0) is 12.8. The first-order valence-corrected chi connectivity index (χ1v) is 5.80. The molecule has 0 spiro atoms. The van der Waals surface area contributed by atoms with Gasteiger partial charge in [0.25, 0.3) is 0 Å². The number of rotatable bonds is 5. The number of hydrogen-bond donors (Lipinski definition) is 1. The van der Waals surface area contributed by atoms with E-state index in [9.17, 15) is 4.79 Å². The highest BCUT2D eigenvalue weighted by Crippen LogP contribution is 2.14. The van der Waals surface area contributed by atoms with E-state index in [1.54, 1.807) is 36.2 Å². The van der Waals surface area contributed by atoms with E-state index < -0.39 is 0 Å². The third-order valence-electron chi connectivity index (χ3n) is 1.96. The summed E-state index contributed by atoms with van der Waals surface area (Å²) in [6.07, 6.45) is 0. The van der Waals surface area contributed by atoms with Crippen LogP contribution in [0.5, 0.6) is 0 Å². The lowest BCUT2D eigenvalue weighted by molar-refractivity contribution is -0.116. The first kappa shape index (κ1) is 14.0. The van der Waals surface area contributed by atoms with Gasteiger partial charge in [-0.15, -0.1) is 0 Å². The molecule has 1 amide bonds. The second-order valence-electron chi connectivity index (χ2n) is 3.75. The van der Waals surface area contributed by atoms with Gasteiger partial charge in [0, 0.05) is 22.3 Å². The zero-order valence-corrected chi connectivity index (χ0v) is 11.1. The molecule has 0 saturated carbocycles. The summed E-state index contributed by atoms with van der Waals surface area (Å²) in [7, 11) is 1.80. The maximum Gasteiger partial charge on any atom is 0.238 e. The van der Waals surface area contributed by atoms with Gasteiger partial charge < -0.3 is 5.32 Å². The van der Waals surface area contributed by atoms with Crippen LogP contribution in [-0.4, -0.2) is 30.9 Å². The van der Waals surface area contributed by atoms with Gasteiger partial charge in [0.05, 0.1) is 6.54 Å². The van der Waals surface area contributed by atoms with Crippen LogP contribution in [-0.2, 0) is 4.79 Å². The quantitative estimate of drug-likeness (QED) is 0.894. The fourth-order valence-electron chi connectivity index (χ4n) is 1.36. The van der Waals surface area contributed by atoms with Gasteiger partial charge in [0.2, 0.25) is 5.91 Å². The molecule has 92 valence electrons. The number of benzene rings is 1. The molecule has 1 aromatic rings. The molecule has 0 aliphatic heterocycles. The number of carbonyl (C=O) groups is 1. The van der Waals surface area contributed by atoms with E-state index in [1.165, 1.54) is 0 Å². The molecule has 5 heteroatoms. The van der Waals surface area contributed by atoms with Crippen molar-refractivity contribution < 1.29 is 4.79 Å². The normalized spacial score (nSPS) is 10.4. The Morgan fingerprint density at radius 1 is 1.47 bits per heavy atom. The lowest BCUT2D eigenvalue weighted by Gasteiger charge is -2.15. The molecule has 0 heterocycles. The molecule has 1 rings (SSSR count). The molecule has 17 heavy (non-hydrogen) atoms. The molecular formula is C12H14Cl2N2O. The van der Waals surface area contributed by atoms with E-state index in [0.717, 1.165) is 0 Å². The molecule has 0 atom stereocenters. The van der Waals surface area contributed by atoms with Gasteiger partial charge in [0.1, 0.15) is 0 Å². The summed E-state index contributed by atoms with van der Waals surface area (Å²) in [6, 6.07) is 7.01. The Kier molecular flexibility index (Phi) is 5.48. The predicted molar refractivity (Wildman–Crippen MR) is 72.6 cm³/mol. The third-order valence-corrected chi connectivity index (χ3v) is 2.32. The molecule has 1 N–H and O–H groups in total. The standard InChI is InChI=1S/C12H14Cl2N2O/c1-9(13)7-16(2)8-12(17)15-11-5-3-4-10(14)6-11/h3-6H,1,7-8H2,2H3,(H,15,17). The fraction of sp³-hybridized carbons (Fsp3) is 0.250. The molecule has 0 radical (unpaired) electrons. The Labute approximate surface area is 111 Å². The minimum Gasteiger partial charge on any atom is -0.325 e. The second kappa shape index (κ2) is 6.64. The number of likely N-dealkylation sites (N-methyl/N-ethyl adjacent to an activating group) is 1. The highest BCUT2D eigenvalue weighted by Gasteiger charge is 2.07. The summed E-state index contributed by atoms with van der Waals surface area (Å²) in [6.45, 7) is 4.30. The van der Waals surface area contributed by atoms with E-state index in [1.807, 2.05) is 0 Å². The lowest BCUT2D eigenvalue weighted by Crippen LogP contribution is -2.30. The average Bonchev–Trinajstić information content (AvgIpc) is 2.14. The number of nitrogens with zero attached hydrogens (tertiary/aromatic N) is 1. The van der Waals surface area contributed by atoms with Crippen molar-refractivity contribution in [3.8, 4) is 0 Å². The van der Waals surface area contributed by atoms with Crippen molar-refractivity contribution in [2.45, 2.75) is 0 Å². The van der Waals surface area contributed by atoms with E-state index in [0.29, 0.717) is 22.3 Å². The Hall–Kier alpha value is -1.03. The summed E-state index contributed by atoms with van der Waals surface area (Å²) in [4.78, 5) is 13.4. The largest absolute Gasteiger partial charge is 0.325 e. The second-order valence-corrected chi connectivity index (χ2v) is 4.72. The average molecular weight is 273 g/mol. The number of amides is 1. The highest BCUT2D eigenvalue weighted by molar-refractivity contribution is 6.31. The molecule has 0 unspecified atom stereocenters. The molecule has 3 nitrogen and oxygen atoms in total. The van der Waals surface area contributed by atoms with Crippen molar-refractivity contribution >= 4 is 34.8 Å². The predicted octanol–water partition coefficient (Wildman–Crippen LogP) is 2.96. The van der Waals surface area contributed by atoms with Crippen LogP contribution < -0.4 is 5.32 Å². The zero-order valence-electron chi connectivity index (χ0n) is 9.54. The minimum atomic E-state index is -0.118. The highest BCUT2D eigenvalue weighted by atomic mass is 35.5. The summed E-state index contributed by atoms with van der Waals surface area (Å²) in [5, 5.41) is 3.84. The topological polar surface area (TPSA) is 32.3 Å². The van der Waals surface area contributed by atoms with Gasteiger partial charge in [-0.1, -0.05) is 35.8 Å². The summed E-state index contributed by atoms with van der Waals surface area (Å²) in [5.74, 6) is -0.118. The van der Waals surface area contributed by atoms with Crippen molar-refractivity contribution in [2.24, 2.45) is 0 Å². The van der Waals surface area contributed by atoms with Crippen LogP contribution in [0.3, 0.4) is 0 Å². The molecule has 1 aromatic carbocycles. The fourth-order valence-corrected chi connectivity index (χ4v) is 1.76. The molecule has 0 saturated heterocycles. The molecule has 0 aliphatic rings. The number of hydrogen-bond acceptors (Lipinski definition) is 2. The van der Waals surface area contributed by atoms with Crippen LogP contribution in [0.15, 0.2) is 35.9 Å². The summed E-state index contributed by atoms with van der Waals surface area (Å²) < 4.78 is 0. The van der Waals surface area contributed by atoms with Crippen molar-refractivity contribution in [1.29, 1.82) is 0 Å². The number of anilines is 1. The SMILES string of the molecule is C=C(Cl)CN(C)CC(=O)Nc1cccc(Cl)c1. The van der Waals surface area contributed by atoms with Crippen molar-refractivity contribution in [1.82, 2.24) is 4.90 Å². The van der Waals surface area contributed by atoms with Crippen molar-refractivity contribution in [3.63, 3.8) is 0 Å².